The molecule has 8 nitrogen and oxygen atoms in total. The van der Waals surface area contributed by atoms with Gasteiger partial charge in [0.05, 0.1) is 39.4 Å². The van der Waals surface area contributed by atoms with E-state index in [1.807, 2.05) is 23.6 Å². The van der Waals surface area contributed by atoms with Crippen molar-refractivity contribution in [3.8, 4) is 23.0 Å². The first-order valence-corrected chi connectivity index (χ1v) is 13.7. The Kier molecular flexibility index (Phi) is 7.71. The van der Waals surface area contributed by atoms with Crippen LogP contribution in [0.1, 0.15) is 24.1 Å². The van der Waals surface area contributed by atoms with Crippen LogP contribution in [0.15, 0.2) is 46.7 Å². The molecule has 2 heterocycles. The lowest BCUT2D eigenvalue weighted by Crippen LogP contribution is -2.39. The van der Waals surface area contributed by atoms with Gasteiger partial charge in [-0.3, -0.25) is 0 Å². The lowest BCUT2D eigenvalue weighted by molar-refractivity contribution is 0.391. The molecule has 1 saturated heterocycles. The molecule has 1 aromatic heterocycles. The van der Waals surface area contributed by atoms with Crippen molar-refractivity contribution in [3.63, 3.8) is 0 Å². The van der Waals surface area contributed by atoms with Crippen molar-refractivity contribution in [2.24, 2.45) is 0 Å². The molecule has 0 amide bonds. The normalized spacial score (nSPS) is 14.6. The van der Waals surface area contributed by atoms with Crippen molar-refractivity contribution >= 4 is 26.3 Å². The maximum atomic E-state index is 13.4. The lowest BCUT2D eigenvalue weighted by Gasteiger charge is -2.31. The van der Waals surface area contributed by atoms with E-state index in [1.165, 1.54) is 14.2 Å². The summed E-state index contributed by atoms with van der Waals surface area (Å²) in [6.45, 7) is 1.24. The van der Waals surface area contributed by atoms with E-state index in [0.29, 0.717) is 43.9 Å². The van der Waals surface area contributed by atoms with Gasteiger partial charge in [-0.15, -0.1) is 11.3 Å². The molecule has 3 aromatic rings. The zero-order chi connectivity index (χ0) is 25.0. The van der Waals surface area contributed by atoms with E-state index in [9.17, 15) is 8.42 Å². The number of hydrogen-bond acceptors (Lipinski definition) is 9. The number of rotatable bonds is 9. The number of nitrogens with zero attached hydrogens (tertiary/aromatic N) is 2. The van der Waals surface area contributed by atoms with E-state index < -0.39 is 15.1 Å². The van der Waals surface area contributed by atoms with E-state index in [0.717, 1.165) is 27.9 Å². The molecular weight excluding hydrogens is 488 g/mol. The highest BCUT2D eigenvalue weighted by Gasteiger charge is 2.34. The van der Waals surface area contributed by atoms with Gasteiger partial charge in [0, 0.05) is 42.6 Å². The van der Waals surface area contributed by atoms with Crippen LogP contribution in [-0.4, -0.2) is 60.2 Å². The number of benzene rings is 2. The molecule has 10 heteroatoms. The number of ether oxygens (including phenoxy) is 4. The predicted molar refractivity (Wildman–Crippen MR) is 136 cm³/mol. The van der Waals surface area contributed by atoms with Crippen LogP contribution in [0.5, 0.6) is 23.0 Å². The summed E-state index contributed by atoms with van der Waals surface area (Å²) < 4.78 is 48.1. The number of anilines is 1. The molecule has 0 unspecified atom stereocenters. The fraction of sp³-hybridized carbons (Fsp3) is 0.400. The van der Waals surface area contributed by atoms with Crippen LogP contribution in [0.25, 0.3) is 0 Å². The number of thiazole rings is 1. The molecule has 0 N–H and O–H groups in total. The Morgan fingerprint density at radius 3 is 2.23 bits per heavy atom. The van der Waals surface area contributed by atoms with Gasteiger partial charge in [-0.25, -0.2) is 13.4 Å². The third-order valence-electron chi connectivity index (χ3n) is 6.23. The zero-order valence-corrected chi connectivity index (χ0v) is 21.9. The number of hydrogen-bond donors (Lipinski definition) is 0. The Morgan fingerprint density at radius 2 is 1.57 bits per heavy atom. The Labute approximate surface area is 210 Å². The van der Waals surface area contributed by atoms with Gasteiger partial charge in [0.2, 0.25) is 0 Å². The number of piperidine rings is 1. The summed E-state index contributed by atoms with van der Waals surface area (Å²) in [5, 5.41) is 2.47. The highest BCUT2D eigenvalue weighted by molar-refractivity contribution is 7.92. The molecule has 0 aliphatic carbocycles. The van der Waals surface area contributed by atoms with Crippen LogP contribution in [0.2, 0.25) is 0 Å². The summed E-state index contributed by atoms with van der Waals surface area (Å²) >= 11 is 1.58. The van der Waals surface area contributed by atoms with Crippen molar-refractivity contribution in [1.29, 1.82) is 0 Å². The van der Waals surface area contributed by atoms with Gasteiger partial charge in [0.15, 0.2) is 15.0 Å². The molecule has 0 saturated carbocycles. The number of aromatic nitrogens is 1. The summed E-state index contributed by atoms with van der Waals surface area (Å²) in [6, 6.07) is 10.6. The first kappa shape index (κ1) is 25.1. The fourth-order valence-electron chi connectivity index (χ4n) is 4.26. The van der Waals surface area contributed by atoms with E-state index >= 15 is 0 Å². The van der Waals surface area contributed by atoms with Crippen LogP contribution in [0.3, 0.4) is 0 Å². The molecule has 0 spiro atoms. The van der Waals surface area contributed by atoms with Gasteiger partial charge < -0.3 is 23.8 Å². The summed E-state index contributed by atoms with van der Waals surface area (Å²) in [5.41, 5.74) is 1.98. The summed E-state index contributed by atoms with van der Waals surface area (Å²) in [4.78, 5) is 7.16. The van der Waals surface area contributed by atoms with Crippen LogP contribution < -0.4 is 23.8 Å². The third-order valence-corrected chi connectivity index (χ3v) is 9.47. The van der Waals surface area contributed by atoms with Gasteiger partial charge in [0.1, 0.15) is 27.9 Å². The lowest BCUT2D eigenvalue weighted by atomic mass is 10.1. The van der Waals surface area contributed by atoms with Crippen LogP contribution in [0.4, 0.5) is 5.13 Å². The maximum Gasteiger partial charge on any atom is 0.185 e. The molecule has 0 bridgehead atoms. The standard InChI is InChI=1S/C25H30N2O6S2/c1-30-19-6-5-17(23(14-19)33-4)13-18-16-34-25(26-18)27-11-9-21(10-12-27)35(28,29)24-15-20(31-2)7-8-22(24)32-3/h5-8,14-16,21H,9-13H2,1-4H3. The van der Waals surface area contributed by atoms with Crippen LogP contribution >= 0.6 is 11.3 Å². The van der Waals surface area contributed by atoms with Gasteiger partial charge in [-0.05, 0) is 31.0 Å². The molecular formula is C25H30N2O6S2. The van der Waals surface area contributed by atoms with Crippen molar-refractivity contribution < 1.29 is 27.4 Å². The maximum absolute atomic E-state index is 13.4. The van der Waals surface area contributed by atoms with E-state index in [-0.39, 0.29) is 4.90 Å². The highest BCUT2D eigenvalue weighted by atomic mass is 32.2. The van der Waals surface area contributed by atoms with Crippen molar-refractivity contribution in [2.45, 2.75) is 29.4 Å². The van der Waals surface area contributed by atoms with Crippen LogP contribution in [0, 0.1) is 0 Å². The fourth-order valence-corrected chi connectivity index (χ4v) is 7.04. The quantitative estimate of drug-likeness (QED) is 0.416. The average Bonchev–Trinajstić information content (AvgIpc) is 3.37. The second-order valence-electron chi connectivity index (χ2n) is 8.22. The molecule has 2 aromatic carbocycles. The number of methoxy groups -OCH3 is 4. The first-order chi connectivity index (χ1) is 16.9. The minimum absolute atomic E-state index is 0.183. The second kappa shape index (κ2) is 10.7. The van der Waals surface area contributed by atoms with Crippen LogP contribution in [-0.2, 0) is 16.3 Å². The molecule has 1 aliphatic rings. The molecule has 1 fully saturated rings. The van der Waals surface area contributed by atoms with Crippen molar-refractivity contribution in [1.82, 2.24) is 4.98 Å². The van der Waals surface area contributed by atoms with Gasteiger partial charge >= 0.3 is 0 Å². The average molecular weight is 519 g/mol. The number of sulfone groups is 1. The first-order valence-electron chi connectivity index (χ1n) is 11.3. The molecule has 0 atom stereocenters. The summed E-state index contributed by atoms with van der Waals surface area (Å²) in [5.74, 6) is 2.34. The Balaban J connectivity index is 1.44. The van der Waals surface area contributed by atoms with Crippen molar-refractivity contribution in [3.05, 3.63) is 53.0 Å². The molecule has 35 heavy (non-hydrogen) atoms. The Hall–Kier alpha value is -2.98. The zero-order valence-electron chi connectivity index (χ0n) is 20.3. The minimum atomic E-state index is -3.56. The highest BCUT2D eigenvalue weighted by Crippen LogP contribution is 2.35. The predicted octanol–water partition coefficient (Wildman–Crippen LogP) is 4.21. The van der Waals surface area contributed by atoms with Gasteiger partial charge in [-0.2, -0.15) is 0 Å². The summed E-state index contributed by atoms with van der Waals surface area (Å²) in [6.07, 6.45) is 1.68. The van der Waals surface area contributed by atoms with E-state index in [2.05, 4.69) is 4.90 Å². The monoisotopic (exact) mass is 518 g/mol. The second-order valence-corrected chi connectivity index (χ2v) is 11.3. The van der Waals surface area contributed by atoms with Gasteiger partial charge in [0.25, 0.3) is 0 Å². The van der Waals surface area contributed by atoms with E-state index in [1.54, 1.807) is 43.8 Å². The smallest absolute Gasteiger partial charge is 0.185 e. The Morgan fingerprint density at radius 1 is 0.914 bits per heavy atom. The third kappa shape index (κ3) is 5.33. The minimum Gasteiger partial charge on any atom is -0.497 e. The van der Waals surface area contributed by atoms with Gasteiger partial charge in [-0.1, -0.05) is 6.07 Å². The SMILES string of the molecule is COc1ccc(Cc2csc(N3CCC(S(=O)(=O)c4cc(OC)ccc4OC)CC3)n2)c(OC)c1. The molecule has 4 rings (SSSR count). The summed E-state index contributed by atoms with van der Waals surface area (Å²) in [7, 11) is 2.70. The molecule has 188 valence electrons. The topological polar surface area (TPSA) is 87.2 Å². The van der Waals surface area contributed by atoms with Crippen molar-refractivity contribution in [2.75, 3.05) is 46.4 Å². The van der Waals surface area contributed by atoms with E-state index in [4.69, 9.17) is 23.9 Å². The Bertz CT molecular complexity index is 1270. The largest absolute Gasteiger partial charge is 0.497 e. The molecule has 0 radical (unpaired) electrons. The molecule has 1 aliphatic heterocycles.